The van der Waals surface area contributed by atoms with Crippen molar-refractivity contribution in [2.75, 3.05) is 11.4 Å². The SMILES string of the molecule is CCN(c1cc(F)cc([N+](=O)[O-])c1)c1ccccc1C. The predicted molar refractivity (Wildman–Crippen MR) is 76.9 cm³/mol. The van der Waals surface area contributed by atoms with Crippen LogP contribution in [0.1, 0.15) is 12.5 Å². The van der Waals surface area contributed by atoms with E-state index in [1.54, 1.807) is 0 Å². The summed E-state index contributed by atoms with van der Waals surface area (Å²) in [6.45, 7) is 4.46. The molecule has 2 aromatic rings. The molecule has 2 aromatic carbocycles. The van der Waals surface area contributed by atoms with E-state index in [1.807, 2.05) is 43.0 Å². The first-order valence-electron chi connectivity index (χ1n) is 6.31. The maximum absolute atomic E-state index is 13.6. The molecule has 0 aliphatic rings. The molecule has 0 aliphatic heterocycles. The Labute approximate surface area is 116 Å². The number of hydrogen-bond acceptors (Lipinski definition) is 3. The number of non-ortho nitro benzene ring substituents is 1. The molecule has 0 amide bonds. The standard InChI is InChI=1S/C15H15FN2O2/c1-3-17(15-7-5-4-6-11(15)2)13-8-12(16)9-14(10-13)18(19)20/h4-10H,3H2,1-2H3. The minimum Gasteiger partial charge on any atom is -0.341 e. The zero-order valence-electron chi connectivity index (χ0n) is 11.3. The molecule has 0 spiro atoms. The molecule has 0 aromatic heterocycles. The van der Waals surface area contributed by atoms with Crippen molar-refractivity contribution in [1.29, 1.82) is 0 Å². The molecule has 0 N–H and O–H groups in total. The van der Waals surface area contributed by atoms with Crippen LogP contribution in [0, 0.1) is 22.9 Å². The van der Waals surface area contributed by atoms with Crippen LogP contribution in [-0.2, 0) is 0 Å². The molecule has 0 fully saturated rings. The van der Waals surface area contributed by atoms with E-state index in [-0.39, 0.29) is 5.69 Å². The average molecular weight is 274 g/mol. The number of rotatable bonds is 4. The van der Waals surface area contributed by atoms with Crippen LogP contribution in [0.4, 0.5) is 21.5 Å². The Hall–Kier alpha value is -2.43. The lowest BCUT2D eigenvalue weighted by atomic mass is 10.1. The Morgan fingerprint density at radius 2 is 1.95 bits per heavy atom. The lowest BCUT2D eigenvalue weighted by molar-refractivity contribution is -0.385. The number of anilines is 2. The molecule has 0 bridgehead atoms. The fourth-order valence-electron chi connectivity index (χ4n) is 2.18. The van der Waals surface area contributed by atoms with Gasteiger partial charge in [-0.25, -0.2) is 4.39 Å². The van der Waals surface area contributed by atoms with Crippen molar-refractivity contribution >= 4 is 17.1 Å². The van der Waals surface area contributed by atoms with Gasteiger partial charge in [-0.05, 0) is 31.5 Å². The summed E-state index contributed by atoms with van der Waals surface area (Å²) in [5.74, 6) is -0.610. The van der Waals surface area contributed by atoms with Crippen molar-refractivity contribution in [3.8, 4) is 0 Å². The molecule has 0 saturated carbocycles. The molecule has 5 heteroatoms. The minimum absolute atomic E-state index is 0.243. The summed E-state index contributed by atoms with van der Waals surface area (Å²) in [5, 5.41) is 10.8. The van der Waals surface area contributed by atoms with Crippen molar-refractivity contribution in [1.82, 2.24) is 0 Å². The second kappa shape index (κ2) is 5.69. The maximum Gasteiger partial charge on any atom is 0.274 e. The number of nitro benzene ring substituents is 1. The molecule has 4 nitrogen and oxygen atoms in total. The first-order chi connectivity index (χ1) is 9.52. The van der Waals surface area contributed by atoms with Crippen LogP contribution < -0.4 is 4.90 Å². The second-order valence-electron chi connectivity index (χ2n) is 4.46. The Morgan fingerprint density at radius 3 is 2.55 bits per heavy atom. The summed E-state index contributed by atoms with van der Waals surface area (Å²) in [5.41, 5.74) is 2.18. The third-order valence-corrected chi connectivity index (χ3v) is 3.11. The molecule has 104 valence electrons. The third-order valence-electron chi connectivity index (χ3n) is 3.11. The Balaban J connectivity index is 2.52. The summed E-state index contributed by atoms with van der Waals surface area (Å²) in [7, 11) is 0. The molecular weight excluding hydrogens is 259 g/mol. The zero-order valence-corrected chi connectivity index (χ0v) is 11.3. The van der Waals surface area contributed by atoms with Crippen molar-refractivity contribution in [3.63, 3.8) is 0 Å². The van der Waals surface area contributed by atoms with Crippen LogP contribution >= 0.6 is 0 Å². The Morgan fingerprint density at radius 1 is 1.25 bits per heavy atom. The Kier molecular flexibility index (Phi) is 3.98. The van der Waals surface area contributed by atoms with Crippen molar-refractivity contribution in [2.45, 2.75) is 13.8 Å². The molecule has 0 unspecified atom stereocenters. The fourth-order valence-corrected chi connectivity index (χ4v) is 2.18. The van der Waals surface area contributed by atoms with Crippen molar-refractivity contribution in [3.05, 3.63) is 64.0 Å². The topological polar surface area (TPSA) is 46.4 Å². The average Bonchev–Trinajstić information content (AvgIpc) is 2.41. The van der Waals surface area contributed by atoms with E-state index < -0.39 is 10.7 Å². The number of halogens is 1. The van der Waals surface area contributed by atoms with E-state index in [4.69, 9.17) is 0 Å². The van der Waals surface area contributed by atoms with Gasteiger partial charge in [0.25, 0.3) is 5.69 Å². The van der Waals surface area contributed by atoms with Gasteiger partial charge in [-0.15, -0.1) is 0 Å². The van der Waals surface area contributed by atoms with Crippen LogP contribution in [0.15, 0.2) is 42.5 Å². The van der Waals surface area contributed by atoms with Crippen LogP contribution in [0.25, 0.3) is 0 Å². The number of aryl methyl sites for hydroxylation is 1. The molecule has 2 rings (SSSR count). The van der Waals surface area contributed by atoms with E-state index in [1.165, 1.54) is 12.1 Å². The molecular formula is C15H15FN2O2. The normalized spacial score (nSPS) is 10.3. The smallest absolute Gasteiger partial charge is 0.274 e. The zero-order chi connectivity index (χ0) is 14.7. The predicted octanol–water partition coefficient (Wildman–Crippen LogP) is 4.20. The number of benzene rings is 2. The van der Waals surface area contributed by atoms with Gasteiger partial charge >= 0.3 is 0 Å². The maximum atomic E-state index is 13.6. The molecule has 0 aliphatic carbocycles. The highest BCUT2D eigenvalue weighted by Gasteiger charge is 2.15. The molecule has 0 heterocycles. The highest BCUT2D eigenvalue weighted by molar-refractivity contribution is 5.68. The van der Waals surface area contributed by atoms with Gasteiger partial charge in [0.15, 0.2) is 0 Å². The third kappa shape index (κ3) is 2.77. The number of para-hydroxylation sites is 1. The number of nitrogens with zero attached hydrogens (tertiary/aromatic N) is 2. The van der Waals surface area contributed by atoms with E-state index >= 15 is 0 Å². The first-order valence-corrected chi connectivity index (χ1v) is 6.31. The van der Waals surface area contributed by atoms with Crippen LogP contribution in [0.2, 0.25) is 0 Å². The van der Waals surface area contributed by atoms with Crippen LogP contribution in [-0.4, -0.2) is 11.5 Å². The monoisotopic (exact) mass is 274 g/mol. The van der Waals surface area contributed by atoms with Gasteiger partial charge in [0.05, 0.1) is 16.7 Å². The molecule has 0 saturated heterocycles. The number of nitro groups is 1. The van der Waals surface area contributed by atoms with Crippen LogP contribution in [0.3, 0.4) is 0 Å². The van der Waals surface area contributed by atoms with Gasteiger partial charge in [-0.3, -0.25) is 10.1 Å². The summed E-state index contributed by atoms with van der Waals surface area (Å²) < 4.78 is 13.6. The largest absolute Gasteiger partial charge is 0.341 e. The highest BCUT2D eigenvalue weighted by Crippen LogP contribution is 2.31. The van der Waals surface area contributed by atoms with E-state index in [0.29, 0.717) is 12.2 Å². The van der Waals surface area contributed by atoms with E-state index in [0.717, 1.165) is 17.3 Å². The lowest BCUT2D eigenvalue weighted by Gasteiger charge is -2.25. The van der Waals surface area contributed by atoms with Crippen molar-refractivity contribution in [2.24, 2.45) is 0 Å². The van der Waals surface area contributed by atoms with Gasteiger partial charge in [0.2, 0.25) is 0 Å². The molecule has 0 radical (unpaired) electrons. The van der Waals surface area contributed by atoms with E-state index in [2.05, 4.69) is 0 Å². The van der Waals surface area contributed by atoms with Gasteiger partial charge in [-0.1, -0.05) is 18.2 Å². The number of hydrogen-bond donors (Lipinski definition) is 0. The summed E-state index contributed by atoms with van der Waals surface area (Å²) in [6.07, 6.45) is 0. The lowest BCUT2D eigenvalue weighted by Crippen LogP contribution is -2.17. The fraction of sp³-hybridized carbons (Fsp3) is 0.200. The quantitative estimate of drug-likeness (QED) is 0.620. The van der Waals surface area contributed by atoms with E-state index in [9.17, 15) is 14.5 Å². The van der Waals surface area contributed by atoms with Crippen LogP contribution in [0.5, 0.6) is 0 Å². The second-order valence-corrected chi connectivity index (χ2v) is 4.46. The van der Waals surface area contributed by atoms with Gasteiger partial charge in [0.1, 0.15) is 5.82 Å². The highest BCUT2D eigenvalue weighted by atomic mass is 19.1. The minimum atomic E-state index is -0.610. The summed E-state index contributed by atoms with van der Waals surface area (Å²) >= 11 is 0. The van der Waals surface area contributed by atoms with Gasteiger partial charge < -0.3 is 4.90 Å². The molecule has 0 atom stereocenters. The first kappa shape index (κ1) is 14.0. The van der Waals surface area contributed by atoms with Gasteiger partial charge in [-0.2, -0.15) is 0 Å². The molecule has 20 heavy (non-hydrogen) atoms. The van der Waals surface area contributed by atoms with Gasteiger partial charge in [0, 0.05) is 18.3 Å². The Bertz CT molecular complexity index is 644. The summed E-state index contributed by atoms with van der Waals surface area (Å²) in [6, 6.07) is 11.3. The summed E-state index contributed by atoms with van der Waals surface area (Å²) in [4.78, 5) is 12.1. The van der Waals surface area contributed by atoms with Crippen molar-refractivity contribution < 1.29 is 9.31 Å².